The molecule has 1 aromatic heterocycles. The number of H-pyrrole nitrogens is 1. The molecule has 0 aliphatic heterocycles. The Kier molecular flexibility index (Phi) is 5.16. The Morgan fingerprint density at radius 1 is 1.32 bits per heavy atom. The number of carboxylic acids is 1. The molecule has 7 heteroatoms. The predicted molar refractivity (Wildman–Crippen MR) is 81.8 cm³/mol. The Bertz CT molecular complexity index is 667. The van der Waals surface area contributed by atoms with Gasteiger partial charge in [-0.15, -0.1) is 0 Å². The van der Waals surface area contributed by atoms with Crippen LogP contribution in [-0.2, 0) is 17.8 Å². The standard InChI is InChI=1S/C15H16ClN3O3/c1-2-12-7-13(18-17-12)15(22)19(9-14(20)21)8-10-3-5-11(16)6-4-10/h3-7H,2,8-9H2,1H3,(H,17,18)(H,20,21). The molecule has 0 fully saturated rings. The summed E-state index contributed by atoms with van der Waals surface area (Å²) in [5.74, 6) is -1.50. The number of nitrogens with one attached hydrogen (secondary N) is 1. The molecule has 0 unspecified atom stereocenters. The summed E-state index contributed by atoms with van der Waals surface area (Å²) in [5, 5.41) is 16.3. The first-order valence-corrected chi connectivity index (χ1v) is 7.17. The second-order valence-corrected chi connectivity index (χ2v) is 5.25. The molecule has 2 N–H and O–H groups in total. The summed E-state index contributed by atoms with van der Waals surface area (Å²) in [6.07, 6.45) is 0.719. The fourth-order valence-corrected chi connectivity index (χ4v) is 2.11. The molecule has 0 saturated carbocycles. The number of halogens is 1. The third-order valence-electron chi connectivity index (χ3n) is 3.13. The maximum atomic E-state index is 12.4. The first kappa shape index (κ1) is 16.0. The van der Waals surface area contributed by atoms with Crippen LogP contribution in [0.1, 0.15) is 28.7 Å². The van der Waals surface area contributed by atoms with E-state index in [4.69, 9.17) is 16.7 Å². The van der Waals surface area contributed by atoms with E-state index in [1.807, 2.05) is 6.92 Å². The zero-order valence-corrected chi connectivity index (χ0v) is 12.8. The molecule has 1 amide bonds. The van der Waals surface area contributed by atoms with Crippen molar-refractivity contribution >= 4 is 23.5 Å². The largest absolute Gasteiger partial charge is 0.480 e. The van der Waals surface area contributed by atoms with Gasteiger partial charge in [-0.3, -0.25) is 14.7 Å². The van der Waals surface area contributed by atoms with E-state index in [9.17, 15) is 9.59 Å². The number of carbonyl (C=O) groups is 2. The van der Waals surface area contributed by atoms with Crippen molar-refractivity contribution in [2.24, 2.45) is 0 Å². The maximum absolute atomic E-state index is 12.4. The average Bonchev–Trinajstić information content (AvgIpc) is 2.96. The number of rotatable bonds is 6. The minimum Gasteiger partial charge on any atom is -0.480 e. The lowest BCUT2D eigenvalue weighted by Crippen LogP contribution is -2.35. The first-order chi connectivity index (χ1) is 10.5. The summed E-state index contributed by atoms with van der Waals surface area (Å²) < 4.78 is 0. The minimum absolute atomic E-state index is 0.177. The lowest BCUT2D eigenvalue weighted by atomic mass is 10.2. The monoisotopic (exact) mass is 321 g/mol. The molecule has 6 nitrogen and oxygen atoms in total. The fraction of sp³-hybridized carbons (Fsp3) is 0.267. The number of aromatic nitrogens is 2. The van der Waals surface area contributed by atoms with Gasteiger partial charge in [0.2, 0.25) is 0 Å². The van der Waals surface area contributed by atoms with Gasteiger partial charge in [-0.25, -0.2) is 0 Å². The molecule has 2 aromatic rings. The summed E-state index contributed by atoms with van der Waals surface area (Å²) in [6, 6.07) is 8.55. The highest BCUT2D eigenvalue weighted by Crippen LogP contribution is 2.13. The number of aromatic amines is 1. The molecule has 0 radical (unpaired) electrons. The molecule has 0 bridgehead atoms. The summed E-state index contributed by atoms with van der Waals surface area (Å²) in [5.41, 5.74) is 1.84. The molecule has 1 aromatic carbocycles. The number of amides is 1. The molecule has 1 heterocycles. The van der Waals surface area contributed by atoms with Crippen molar-refractivity contribution in [2.45, 2.75) is 19.9 Å². The highest BCUT2D eigenvalue weighted by atomic mass is 35.5. The van der Waals surface area contributed by atoms with Crippen molar-refractivity contribution in [1.82, 2.24) is 15.1 Å². The van der Waals surface area contributed by atoms with Crippen LogP contribution in [0.3, 0.4) is 0 Å². The summed E-state index contributed by atoms with van der Waals surface area (Å²) >= 11 is 5.82. The van der Waals surface area contributed by atoms with E-state index in [-0.39, 0.29) is 12.2 Å². The quantitative estimate of drug-likeness (QED) is 0.855. The fourth-order valence-electron chi connectivity index (χ4n) is 1.99. The molecule has 0 aliphatic rings. The van der Waals surface area contributed by atoms with Crippen LogP contribution < -0.4 is 0 Å². The highest BCUT2D eigenvalue weighted by molar-refractivity contribution is 6.30. The molecular formula is C15H16ClN3O3. The van der Waals surface area contributed by atoms with Gasteiger partial charge in [0.05, 0.1) is 0 Å². The third kappa shape index (κ3) is 4.08. The van der Waals surface area contributed by atoms with E-state index in [2.05, 4.69) is 10.2 Å². The summed E-state index contributed by atoms with van der Waals surface area (Å²) in [6.45, 7) is 1.72. The van der Waals surface area contributed by atoms with E-state index in [1.54, 1.807) is 30.3 Å². The van der Waals surface area contributed by atoms with Crippen molar-refractivity contribution < 1.29 is 14.7 Å². The Labute approximate surface area is 132 Å². The molecule has 0 atom stereocenters. The second-order valence-electron chi connectivity index (χ2n) is 4.81. The van der Waals surface area contributed by atoms with Crippen LogP contribution >= 0.6 is 11.6 Å². The average molecular weight is 322 g/mol. The van der Waals surface area contributed by atoms with Crippen LogP contribution in [0.2, 0.25) is 5.02 Å². The molecule has 0 aliphatic carbocycles. The van der Waals surface area contributed by atoms with E-state index < -0.39 is 18.4 Å². The zero-order valence-electron chi connectivity index (χ0n) is 12.0. The SMILES string of the molecule is CCc1cc(C(=O)N(CC(=O)O)Cc2ccc(Cl)cc2)n[nH]1. The Hall–Kier alpha value is -2.34. The topological polar surface area (TPSA) is 86.3 Å². The number of hydrogen-bond donors (Lipinski definition) is 2. The van der Waals surface area contributed by atoms with Crippen LogP contribution in [0.25, 0.3) is 0 Å². The van der Waals surface area contributed by atoms with E-state index >= 15 is 0 Å². The Morgan fingerprint density at radius 3 is 2.55 bits per heavy atom. The van der Waals surface area contributed by atoms with E-state index in [0.717, 1.165) is 17.7 Å². The molecule has 2 rings (SSSR count). The molecule has 116 valence electrons. The van der Waals surface area contributed by atoms with Crippen molar-refractivity contribution in [2.75, 3.05) is 6.54 Å². The number of carbonyl (C=O) groups excluding carboxylic acids is 1. The lowest BCUT2D eigenvalue weighted by molar-refractivity contribution is -0.137. The normalized spacial score (nSPS) is 10.5. The van der Waals surface area contributed by atoms with E-state index in [1.165, 1.54) is 4.90 Å². The van der Waals surface area contributed by atoms with Gasteiger partial charge in [-0.2, -0.15) is 5.10 Å². The molecule has 0 saturated heterocycles. The van der Waals surface area contributed by atoms with E-state index in [0.29, 0.717) is 5.02 Å². The third-order valence-corrected chi connectivity index (χ3v) is 3.38. The predicted octanol–water partition coefficient (Wildman–Crippen LogP) is 2.35. The van der Waals surface area contributed by atoms with Gasteiger partial charge >= 0.3 is 5.97 Å². The summed E-state index contributed by atoms with van der Waals surface area (Å²) in [4.78, 5) is 24.7. The first-order valence-electron chi connectivity index (χ1n) is 6.79. The number of aryl methyl sites for hydroxylation is 1. The van der Waals surface area contributed by atoms with Gasteiger partial charge < -0.3 is 10.0 Å². The number of nitrogens with zero attached hydrogens (tertiary/aromatic N) is 2. The van der Waals surface area contributed by atoms with Crippen molar-refractivity contribution in [3.63, 3.8) is 0 Å². The van der Waals surface area contributed by atoms with Crippen LogP contribution in [0, 0.1) is 0 Å². The minimum atomic E-state index is -1.08. The van der Waals surface area contributed by atoms with Gasteiger partial charge in [-0.05, 0) is 30.2 Å². The molecule has 0 spiro atoms. The van der Waals surface area contributed by atoms with Crippen LogP contribution in [0.15, 0.2) is 30.3 Å². The zero-order chi connectivity index (χ0) is 16.1. The second kappa shape index (κ2) is 7.09. The Balaban J connectivity index is 2.19. The van der Waals surface area contributed by atoms with Gasteiger partial charge in [0.1, 0.15) is 12.2 Å². The number of hydrogen-bond acceptors (Lipinski definition) is 3. The smallest absolute Gasteiger partial charge is 0.323 e. The highest BCUT2D eigenvalue weighted by Gasteiger charge is 2.21. The Morgan fingerprint density at radius 2 is 2.00 bits per heavy atom. The van der Waals surface area contributed by atoms with Gasteiger partial charge in [0.15, 0.2) is 0 Å². The van der Waals surface area contributed by atoms with Gasteiger partial charge in [-0.1, -0.05) is 30.7 Å². The van der Waals surface area contributed by atoms with Gasteiger partial charge in [0, 0.05) is 17.3 Å². The molecule has 22 heavy (non-hydrogen) atoms. The van der Waals surface area contributed by atoms with Crippen LogP contribution in [0.4, 0.5) is 0 Å². The lowest BCUT2D eigenvalue weighted by Gasteiger charge is -2.19. The van der Waals surface area contributed by atoms with Crippen LogP contribution in [-0.4, -0.2) is 38.6 Å². The van der Waals surface area contributed by atoms with Gasteiger partial charge in [0.25, 0.3) is 5.91 Å². The van der Waals surface area contributed by atoms with Crippen molar-refractivity contribution in [3.8, 4) is 0 Å². The van der Waals surface area contributed by atoms with Crippen molar-refractivity contribution in [3.05, 3.63) is 52.3 Å². The number of benzene rings is 1. The molecular weight excluding hydrogens is 306 g/mol. The number of aliphatic carboxylic acids is 1. The van der Waals surface area contributed by atoms with Crippen molar-refractivity contribution in [1.29, 1.82) is 0 Å². The maximum Gasteiger partial charge on any atom is 0.323 e. The number of carboxylic acid groups (broad SMARTS) is 1. The summed E-state index contributed by atoms with van der Waals surface area (Å²) in [7, 11) is 0. The van der Waals surface area contributed by atoms with Crippen LogP contribution in [0.5, 0.6) is 0 Å².